The second-order valence-corrected chi connectivity index (χ2v) is 9.14. The molecule has 0 amide bonds. The number of hydrogen-bond donors (Lipinski definition) is 1. The molecule has 3 aromatic rings. The van der Waals surface area contributed by atoms with Crippen LogP contribution in [-0.2, 0) is 16.6 Å². The minimum absolute atomic E-state index is 0.0489. The van der Waals surface area contributed by atoms with Gasteiger partial charge in [0, 0.05) is 12.3 Å². The second kappa shape index (κ2) is 8.07. The van der Waals surface area contributed by atoms with Crippen molar-refractivity contribution in [2.75, 3.05) is 4.72 Å². The van der Waals surface area contributed by atoms with Crippen LogP contribution in [0.5, 0.6) is 0 Å². The van der Waals surface area contributed by atoms with Crippen molar-refractivity contribution in [3.05, 3.63) is 73.3 Å². The Balaban J connectivity index is 1.80. The van der Waals surface area contributed by atoms with Gasteiger partial charge in [0.2, 0.25) is 0 Å². The van der Waals surface area contributed by atoms with Gasteiger partial charge in [-0.25, -0.2) is 8.42 Å². The number of nitrogens with one attached hydrogen (secondary N) is 1. The lowest BCUT2D eigenvalue weighted by molar-refractivity contribution is 0.600. The molecule has 0 atom stereocenters. The van der Waals surface area contributed by atoms with E-state index >= 15 is 0 Å². The zero-order valence-electron chi connectivity index (χ0n) is 13.3. The van der Waals surface area contributed by atoms with Crippen molar-refractivity contribution in [2.24, 2.45) is 0 Å². The standard InChI is InChI=1S/C16H10Cl5N3O2S/c17-10-2-1-9(5-11(10)18)8-24-4-3-16(22-24)23-27(25,26)15-7-13(20)12(19)6-14(15)21/h1-7H,8H2,(H,22,23). The quantitative estimate of drug-likeness (QED) is 0.451. The normalized spacial score (nSPS) is 11.6. The Labute approximate surface area is 180 Å². The molecule has 3 rings (SSSR count). The number of hydrogen-bond acceptors (Lipinski definition) is 3. The van der Waals surface area contributed by atoms with E-state index in [1.807, 2.05) is 0 Å². The van der Waals surface area contributed by atoms with Crippen LogP contribution >= 0.6 is 58.0 Å². The van der Waals surface area contributed by atoms with E-state index in [-0.39, 0.29) is 25.8 Å². The summed E-state index contributed by atoms with van der Waals surface area (Å²) in [6, 6.07) is 9.16. The molecule has 5 nitrogen and oxygen atoms in total. The molecule has 0 aliphatic rings. The molecule has 1 N–H and O–H groups in total. The minimum Gasteiger partial charge on any atom is -0.266 e. The number of nitrogens with zero attached hydrogens (tertiary/aromatic N) is 2. The third kappa shape index (κ3) is 4.83. The lowest BCUT2D eigenvalue weighted by Crippen LogP contribution is -2.14. The van der Waals surface area contributed by atoms with Crippen molar-refractivity contribution in [1.29, 1.82) is 0 Å². The Morgan fingerprint density at radius 1 is 0.852 bits per heavy atom. The fourth-order valence-corrected chi connectivity index (χ4v) is 4.55. The van der Waals surface area contributed by atoms with Crippen molar-refractivity contribution < 1.29 is 8.42 Å². The Kier molecular flexibility index (Phi) is 6.15. The summed E-state index contributed by atoms with van der Waals surface area (Å²) in [7, 11) is -3.99. The highest BCUT2D eigenvalue weighted by atomic mass is 35.5. The molecule has 1 aromatic heterocycles. The number of halogens is 5. The Morgan fingerprint density at radius 3 is 2.22 bits per heavy atom. The third-order valence-electron chi connectivity index (χ3n) is 3.47. The van der Waals surface area contributed by atoms with Gasteiger partial charge in [-0.05, 0) is 29.8 Å². The summed E-state index contributed by atoms with van der Waals surface area (Å²) in [5, 5.41) is 5.25. The van der Waals surface area contributed by atoms with Crippen LogP contribution in [0.1, 0.15) is 5.56 Å². The lowest BCUT2D eigenvalue weighted by atomic mass is 10.2. The van der Waals surface area contributed by atoms with Crippen LogP contribution in [0.4, 0.5) is 5.82 Å². The summed E-state index contributed by atoms with van der Waals surface area (Å²) in [5.74, 6) is 0.122. The van der Waals surface area contributed by atoms with Gasteiger partial charge in [0.05, 0.1) is 31.7 Å². The third-order valence-corrected chi connectivity index (χ3v) is 6.75. The molecule has 11 heteroatoms. The summed E-state index contributed by atoms with van der Waals surface area (Å²) < 4.78 is 29.0. The molecule has 0 aliphatic carbocycles. The van der Waals surface area contributed by atoms with Crippen LogP contribution in [0.15, 0.2) is 47.5 Å². The topological polar surface area (TPSA) is 64.0 Å². The maximum atomic E-state index is 12.6. The summed E-state index contributed by atoms with van der Waals surface area (Å²) in [6.07, 6.45) is 1.62. The summed E-state index contributed by atoms with van der Waals surface area (Å²) in [6.45, 7) is 0.381. The highest BCUT2D eigenvalue weighted by Crippen LogP contribution is 2.32. The SMILES string of the molecule is O=S(=O)(Nc1ccn(Cc2ccc(Cl)c(Cl)c2)n1)c1cc(Cl)c(Cl)cc1Cl. The van der Waals surface area contributed by atoms with E-state index in [9.17, 15) is 8.42 Å². The molecule has 0 bridgehead atoms. The van der Waals surface area contributed by atoms with E-state index in [0.29, 0.717) is 16.6 Å². The Bertz CT molecular complexity index is 1120. The number of anilines is 1. The second-order valence-electron chi connectivity index (χ2n) is 5.45. The van der Waals surface area contributed by atoms with Crippen LogP contribution in [0, 0.1) is 0 Å². The molecular formula is C16H10Cl5N3O2S. The first-order chi connectivity index (χ1) is 12.7. The minimum atomic E-state index is -3.99. The maximum Gasteiger partial charge on any atom is 0.264 e. The van der Waals surface area contributed by atoms with Gasteiger partial charge in [0.15, 0.2) is 5.82 Å². The van der Waals surface area contributed by atoms with Crippen LogP contribution < -0.4 is 4.72 Å². The summed E-state index contributed by atoms with van der Waals surface area (Å²) >= 11 is 29.6. The zero-order chi connectivity index (χ0) is 19.8. The van der Waals surface area contributed by atoms with E-state index < -0.39 is 10.0 Å². The van der Waals surface area contributed by atoms with Gasteiger partial charge >= 0.3 is 0 Å². The van der Waals surface area contributed by atoms with Gasteiger partial charge in [0.25, 0.3) is 10.0 Å². The largest absolute Gasteiger partial charge is 0.266 e. The molecule has 27 heavy (non-hydrogen) atoms. The summed E-state index contributed by atoms with van der Waals surface area (Å²) in [5.41, 5.74) is 0.856. The first kappa shape index (κ1) is 20.6. The van der Waals surface area contributed by atoms with Gasteiger partial charge in [-0.3, -0.25) is 9.40 Å². The van der Waals surface area contributed by atoms with Gasteiger partial charge in [-0.15, -0.1) is 0 Å². The van der Waals surface area contributed by atoms with Gasteiger partial charge in [0.1, 0.15) is 4.90 Å². The fourth-order valence-electron chi connectivity index (χ4n) is 2.23. The molecule has 0 fully saturated rings. The van der Waals surface area contributed by atoms with E-state index in [4.69, 9.17) is 58.0 Å². The number of aromatic nitrogens is 2. The van der Waals surface area contributed by atoms with Gasteiger partial charge < -0.3 is 0 Å². The van der Waals surface area contributed by atoms with Crippen LogP contribution in [0.3, 0.4) is 0 Å². The van der Waals surface area contributed by atoms with Crippen molar-refractivity contribution in [1.82, 2.24) is 9.78 Å². The van der Waals surface area contributed by atoms with Crippen molar-refractivity contribution in [3.8, 4) is 0 Å². The molecule has 0 unspecified atom stereocenters. The highest BCUT2D eigenvalue weighted by Gasteiger charge is 2.21. The molecule has 0 saturated heterocycles. The van der Waals surface area contributed by atoms with E-state index in [2.05, 4.69) is 9.82 Å². The summed E-state index contributed by atoms with van der Waals surface area (Å²) in [4.78, 5) is -0.197. The predicted octanol–water partition coefficient (Wildman–Crippen LogP) is 6.00. The smallest absolute Gasteiger partial charge is 0.264 e. The fraction of sp³-hybridized carbons (Fsp3) is 0.0625. The zero-order valence-corrected chi connectivity index (χ0v) is 17.9. The van der Waals surface area contributed by atoms with Gasteiger partial charge in [-0.2, -0.15) is 5.10 Å². The van der Waals surface area contributed by atoms with E-state index in [1.165, 1.54) is 18.2 Å². The molecule has 0 spiro atoms. The van der Waals surface area contributed by atoms with E-state index in [1.54, 1.807) is 29.1 Å². The van der Waals surface area contributed by atoms with Crippen LogP contribution in [-0.4, -0.2) is 18.2 Å². The molecule has 0 radical (unpaired) electrons. The molecule has 0 aliphatic heterocycles. The number of sulfonamides is 1. The lowest BCUT2D eigenvalue weighted by Gasteiger charge is -2.09. The van der Waals surface area contributed by atoms with Crippen molar-refractivity contribution >= 4 is 73.8 Å². The molecule has 142 valence electrons. The Hall–Kier alpha value is -1.15. The van der Waals surface area contributed by atoms with Crippen molar-refractivity contribution in [3.63, 3.8) is 0 Å². The average Bonchev–Trinajstić information content (AvgIpc) is 3.00. The first-order valence-electron chi connectivity index (χ1n) is 7.30. The highest BCUT2D eigenvalue weighted by molar-refractivity contribution is 7.92. The number of benzene rings is 2. The van der Waals surface area contributed by atoms with Crippen molar-refractivity contribution in [2.45, 2.75) is 11.4 Å². The van der Waals surface area contributed by atoms with Gasteiger partial charge in [-0.1, -0.05) is 64.1 Å². The molecule has 2 aromatic carbocycles. The monoisotopic (exact) mass is 483 g/mol. The number of rotatable bonds is 5. The van der Waals surface area contributed by atoms with Crippen LogP contribution in [0.2, 0.25) is 25.1 Å². The first-order valence-corrected chi connectivity index (χ1v) is 10.7. The maximum absolute atomic E-state index is 12.6. The van der Waals surface area contributed by atoms with E-state index in [0.717, 1.165) is 5.56 Å². The molecule has 1 heterocycles. The predicted molar refractivity (Wildman–Crippen MR) is 110 cm³/mol. The molecular weight excluding hydrogens is 476 g/mol. The van der Waals surface area contributed by atoms with Crippen LogP contribution in [0.25, 0.3) is 0 Å². The average molecular weight is 486 g/mol. The Morgan fingerprint density at radius 2 is 1.52 bits per heavy atom. The molecule has 0 saturated carbocycles.